The van der Waals surface area contributed by atoms with Crippen LogP contribution in [0.2, 0.25) is 5.15 Å². The Kier molecular flexibility index (Phi) is 4.73. The fourth-order valence-corrected chi connectivity index (χ4v) is 3.60. The van der Waals surface area contributed by atoms with Crippen LogP contribution in [0, 0.1) is 0 Å². The maximum Gasteiger partial charge on any atom is 0.170 e. The molecule has 0 radical (unpaired) electrons. The van der Waals surface area contributed by atoms with Crippen LogP contribution in [0.15, 0.2) is 40.4 Å². The van der Waals surface area contributed by atoms with Gasteiger partial charge in [0, 0.05) is 12.6 Å². The van der Waals surface area contributed by atoms with E-state index in [9.17, 15) is 0 Å². The summed E-state index contributed by atoms with van der Waals surface area (Å²) in [6.45, 7) is 2.75. The molecule has 126 valence electrons. The summed E-state index contributed by atoms with van der Waals surface area (Å²) in [6, 6.07) is 9.48. The highest BCUT2D eigenvalue weighted by Crippen LogP contribution is 2.43. The van der Waals surface area contributed by atoms with Gasteiger partial charge in [0.2, 0.25) is 0 Å². The van der Waals surface area contributed by atoms with Gasteiger partial charge in [0.1, 0.15) is 11.0 Å². The molecule has 1 aliphatic heterocycles. The monoisotopic (exact) mass is 363 g/mol. The summed E-state index contributed by atoms with van der Waals surface area (Å²) in [5.74, 6) is 1.84. The van der Waals surface area contributed by atoms with E-state index in [1.165, 1.54) is 0 Å². The normalized spacial score (nSPS) is 14.2. The lowest BCUT2D eigenvalue weighted by Gasteiger charge is -2.21. The van der Waals surface area contributed by atoms with Crippen LogP contribution in [0.3, 0.4) is 0 Å². The van der Waals surface area contributed by atoms with Crippen LogP contribution < -0.4 is 15.5 Å². The molecule has 0 bridgehead atoms. The lowest BCUT2D eigenvalue weighted by atomic mass is 10.1. The van der Waals surface area contributed by atoms with E-state index in [0.717, 1.165) is 27.8 Å². The third kappa shape index (κ3) is 2.97. The minimum Gasteiger partial charge on any atom is -0.409 e. The van der Waals surface area contributed by atoms with Crippen molar-refractivity contribution in [3.63, 3.8) is 0 Å². The zero-order chi connectivity index (χ0) is 17.3. The molecule has 0 saturated heterocycles. The Balaban J connectivity index is 2.11. The number of nitrogens with zero attached hydrogens (tertiary/aromatic N) is 4. The molecule has 0 fully saturated rings. The Morgan fingerprint density at radius 3 is 2.88 bits per heavy atom. The molecule has 0 spiro atoms. The summed E-state index contributed by atoms with van der Waals surface area (Å²) in [4.78, 5) is 9.81. The fraction of sp³-hybridized carbons (Fsp3) is 0.250. The van der Waals surface area contributed by atoms with Gasteiger partial charge in [-0.25, -0.2) is 4.98 Å². The molecule has 2 aromatic rings. The molecule has 3 N–H and O–H groups in total. The molecule has 8 heteroatoms. The van der Waals surface area contributed by atoms with Gasteiger partial charge in [-0.2, -0.15) is 0 Å². The maximum absolute atomic E-state index is 8.93. The quantitative estimate of drug-likeness (QED) is 0.216. The minimum atomic E-state index is 0.0783. The van der Waals surface area contributed by atoms with Gasteiger partial charge >= 0.3 is 0 Å². The highest BCUT2D eigenvalue weighted by atomic mass is 35.5. The van der Waals surface area contributed by atoms with E-state index in [1.807, 2.05) is 31.3 Å². The van der Waals surface area contributed by atoms with Crippen molar-refractivity contribution in [2.24, 2.45) is 10.9 Å². The van der Waals surface area contributed by atoms with Crippen LogP contribution in [-0.2, 0) is 0 Å². The molecule has 1 aromatic heterocycles. The number of benzene rings is 1. The Bertz CT molecular complexity index is 798. The molecule has 2 heterocycles. The number of thioether (sulfide) groups is 1. The number of hydrogen-bond acceptors (Lipinski definition) is 6. The molecule has 0 amide bonds. The Morgan fingerprint density at radius 1 is 1.38 bits per heavy atom. The average molecular weight is 364 g/mol. The molecule has 6 nitrogen and oxygen atoms in total. The molecule has 0 unspecified atom stereocenters. The number of amidine groups is 1. The van der Waals surface area contributed by atoms with E-state index in [1.54, 1.807) is 17.8 Å². The van der Waals surface area contributed by atoms with Gasteiger partial charge in [0.15, 0.2) is 5.84 Å². The largest absolute Gasteiger partial charge is 0.409 e. The van der Waals surface area contributed by atoms with Gasteiger partial charge in [-0.15, -0.1) is 11.8 Å². The van der Waals surface area contributed by atoms with Crippen molar-refractivity contribution in [1.82, 2.24) is 4.98 Å². The van der Waals surface area contributed by atoms with Crippen LogP contribution in [0.25, 0.3) is 0 Å². The maximum atomic E-state index is 8.93. The molecule has 0 atom stereocenters. The SMILES string of the molecule is CCSc1ccc(Cl)nc1N1CN(C)c2ccc(C(N)=NO)cc21. The number of fused-ring (bicyclic) bond motifs is 1. The molecule has 0 aliphatic carbocycles. The summed E-state index contributed by atoms with van der Waals surface area (Å²) >= 11 is 7.85. The van der Waals surface area contributed by atoms with Crippen molar-refractivity contribution in [2.45, 2.75) is 11.8 Å². The Labute approximate surface area is 149 Å². The third-order valence-corrected chi connectivity index (χ3v) is 4.92. The number of anilines is 3. The zero-order valence-electron chi connectivity index (χ0n) is 13.4. The number of pyridine rings is 1. The van der Waals surface area contributed by atoms with Crippen molar-refractivity contribution < 1.29 is 5.21 Å². The van der Waals surface area contributed by atoms with Gasteiger partial charge in [0.05, 0.1) is 22.9 Å². The lowest BCUT2D eigenvalue weighted by molar-refractivity contribution is 0.318. The van der Waals surface area contributed by atoms with E-state index in [4.69, 9.17) is 22.5 Å². The van der Waals surface area contributed by atoms with Gasteiger partial charge in [0.25, 0.3) is 0 Å². The van der Waals surface area contributed by atoms with Crippen LogP contribution in [0.1, 0.15) is 12.5 Å². The number of rotatable bonds is 4. The highest BCUT2D eigenvalue weighted by Gasteiger charge is 2.28. The van der Waals surface area contributed by atoms with E-state index >= 15 is 0 Å². The molecule has 0 saturated carbocycles. The summed E-state index contributed by atoms with van der Waals surface area (Å²) in [7, 11) is 2.01. The second-order valence-electron chi connectivity index (χ2n) is 5.34. The standard InChI is InChI=1S/C16H18ClN5OS/c1-3-24-13-6-7-14(17)19-16(13)22-9-21(2)11-5-4-10(8-12(11)22)15(18)20-23/h4-8,23H,3,9H2,1-2H3,(H2,18,20). The van der Waals surface area contributed by atoms with Gasteiger partial charge < -0.3 is 20.7 Å². The predicted octanol–water partition coefficient (Wildman–Crippen LogP) is 3.49. The van der Waals surface area contributed by atoms with Crippen molar-refractivity contribution in [3.05, 3.63) is 41.0 Å². The fourth-order valence-electron chi connectivity index (χ4n) is 2.70. The first-order valence-electron chi connectivity index (χ1n) is 7.45. The number of nitrogens with two attached hydrogens (primary N) is 1. The highest BCUT2D eigenvalue weighted by molar-refractivity contribution is 7.99. The van der Waals surface area contributed by atoms with Gasteiger partial charge in [-0.3, -0.25) is 0 Å². The molecule has 24 heavy (non-hydrogen) atoms. The topological polar surface area (TPSA) is 78.0 Å². The Morgan fingerprint density at radius 2 is 2.17 bits per heavy atom. The molecular formula is C16H18ClN5OS. The first-order chi connectivity index (χ1) is 11.5. The van der Waals surface area contributed by atoms with Crippen molar-refractivity contribution in [1.29, 1.82) is 0 Å². The Hall–Kier alpha value is -2.12. The minimum absolute atomic E-state index is 0.0783. The lowest BCUT2D eigenvalue weighted by Crippen LogP contribution is -2.25. The molecule has 3 rings (SSSR count). The number of oxime groups is 1. The van der Waals surface area contributed by atoms with Crippen LogP contribution in [-0.4, -0.2) is 35.5 Å². The summed E-state index contributed by atoms with van der Waals surface area (Å²) in [5, 5.41) is 12.5. The summed E-state index contributed by atoms with van der Waals surface area (Å²) < 4.78 is 0. The number of halogens is 1. The van der Waals surface area contributed by atoms with Gasteiger partial charge in [-0.05, 0) is 36.1 Å². The average Bonchev–Trinajstić information content (AvgIpc) is 2.92. The zero-order valence-corrected chi connectivity index (χ0v) is 15.0. The second-order valence-corrected chi connectivity index (χ2v) is 7.04. The summed E-state index contributed by atoms with van der Waals surface area (Å²) in [6.07, 6.45) is 0. The predicted molar refractivity (Wildman–Crippen MR) is 100 cm³/mol. The van der Waals surface area contributed by atoms with Crippen LogP contribution in [0.4, 0.5) is 17.2 Å². The molecule has 1 aromatic carbocycles. The second kappa shape index (κ2) is 6.78. The molecule has 1 aliphatic rings. The van der Waals surface area contributed by atoms with Crippen molar-refractivity contribution >= 4 is 46.4 Å². The van der Waals surface area contributed by atoms with Crippen molar-refractivity contribution in [2.75, 3.05) is 29.3 Å². The first kappa shape index (κ1) is 16.7. The van der Waals surface area contributed by atoms with E-state index in [-0.39, 0.29) is 5.84 Å². The van der Waals surface area contributed by atoms with Crippen LogP contribution >= 0.6 is 23.4 Å². The number of hydrogen-bond donors (Lipinski definition) is 2. The van der Waals surface area contributed by atoms with Crippen molar-refractivity contribution in [3.8, 4) is 0 Å². The van der Waals surface area contributed by atoms with E-state index in [0.29, 0.717) is 17.4 Å². The molecular weight excluding hydrogens is 346 g/mol. The summed E-state index contributed by atoms with van der Waals surface area (Å²) in [5.41, 5.74) is 8.40. The van der Waals surface area contributed by atoms with Gasteiger partial charge in [-0.1, -0.05) is 23.7 Å². The third-order valence-electron chi connectivity index (χ3n) is 3.80. The van der Waals surface area contributed by atoms with E-state index in [2.05, 4.69) is 26.9 Å². The number of aromatic nitrogens is 1. The van der Waals surface area contributed by atoms with Crippen LogP contribution in [0.5, 0.6) is 0 Å². The smallest absolute Gasteiger partial charge is 0.170 e. The van der Waals surface area contributed by atoms with E-state index < -0.39 is 0 Å². The first-order valence-corrected chi connectivity index (χ1v) is 8.81.